The van der Waals surface area contributed by atoms with Gasteiger partial charge in [-0.15, -0.1) is 0 Å². The molecular weight excluding hydrogens is 388 g/mol. The number of rotatable bonds is 4. The lowest BCUT2D eigenvalue weighted by atomic mass is 9.38. The van der Waals surface area contributed by atoms with Gasteiger partial charge in [-0.2, -0.15) is 0 Å². The molecule has 4 aliphatic carbocycles. The maximum Gasteiger partial charge on any atom is 0.314 e. The first-order valence-electron chi connectivity index (χ1n) is 12.7. The number of carboxylic acid groups (broad SMARTS) is 1. The summed E-state index contributed by atoms with van der Waals surface area (Å²) < 4.78 is 0. The van der Waals surface area contributed by atoms with Crippen molar-refractivity contribution in [1.29, 1.82) is 0 Å². The molecule has 4 nitrogen and oxygen atoms in total. The Bertz CT molecular complexity index is 786. The molecule has 0 saturated heterocycles. The normalized spacial score (nSPS) is 49.3. The van der Waals surface area contributed by atoms with Crippen molar-refractivity contribution < 1.29 is 19.8 Å². The number of carbonyl (C=O) groups is 2. The van der Waals surface area contributed by atoms with E-state index in [0.29, 0.717) is 36.2 Å². The Labute approximate surface area is 187 Å². The van der Waals surface area contributed by atoms with Crippen molar-refractivity contribution in [2.75, 3.05) is 0 Å². The molecule has 31 heavy (non-hydrogen) atoms. The molecule has 0 bridgehead atoms. The van der Waals surface area contributed by atoms with Crippen molar-refractivity contribution >= 4 is 11.8 Å². The number of Topliss-reactive ketones (excluding diaryl/α,β-unsaturated/α-hetero) is 1. The highest BCUT2D eigenvalue weighted by Crippen LogP contribution is 2.71. The number of hydrogen-bond acceptors (Lipinski definition) is 3. The number of carbonyl (C=O) groups excluding carboxylic acids is 1. The van der Waals surface area contributed by atoms with Crippen LogP contribution in [-0.4, -0.2) is 28.1 Å². The fraction of sp³-hybridized carbons (Fsp3) is 0.852. The van der Waals surface area contributed by atoms with E-state index in [9.17, 15) is 19.8 Å². The fourth-order valence-corrected chi connectivity index (χ4v) is 9.37. The molecule has 0 spiro atoms. The minimum atomic E-state index is -1.25. The largest absolute Gasteiger partial charge is 0.481 e. The number of fused-ring (bicyclic) bond motifs is 5. The Kier molecular flexibility index (Phi) is 5.72. The number of allylic oxidation sites excluding steroid dienone is 1. The number of ketones is 1. The molecule has 1 unspecified atom stereocenters. The Balaban J connectivity index is 1.80. The van der Waals surface area contributed by atoms with Crippen molar-refractivity contribution in [1.82, 2.24) is 0 Å². The van der Waals surface area contributed by atoms with Crippen LogP contribution in [0, 0.1) is 45.8 Å². The zero-order chi connectivity index (χ0) is 22.8. The van der Waals surface area contributed by atoms with E-state index < -0.39 is 22.9 Å². The van der Waals surface area contributed by atoms with Gasteiger partial charge in [-0.1, -0.05) is 46.6 Å². The van der Waals surface area contributed by atoms with Crippen molar-refractivity contribution in [2.24, 2.45) is 45.8 Å². The molecule has 0 aromatic carbocycles. The van der Waals surface area contributed by atoms with Crippen LogP contribution in [-0.2, 0) is 9.59 Å². The van der Waals surface area contributed by atoms with Gasteiger partial charge in [0.15, 0.2) is 5.78 Å². The van der Waals surface area contributed by atoms with E-state index in [1.807, 2.05) is 6.92 Å². The highest BCUT2D eigenvalue weighted by molar-refractivity contribution is 6.06. The summed E-state index contributed by atoms with van der Waals surface area (Å²) in [6, 6.07) is 0. The Hall–Kier alpha value is -1.16. The summed E-state index contributed by atoms with van der Waals surface area (Å²) in [5.41, 5.74) is -1.07. The minimum absolute atomic E-state index is 0.0588. The molecular formula is C27H42O4. The Morgan fingerprint density at radius 3 is 2.48 bits per heavy atom. The third-order valence-electron chi connectivity index (χ3n) is 10.8. The predicted molar refractivity (Wildman–Crippen MR) is 121 cm³/mol. The van der Waals surface area contributed by atoms with Crippen molar-refractivity contribution in [3.8, 4) is 0 Å². The molecule has 0 heterocycles. The second kappa shape index (κ2) is 7.71. The summed E-state index contributed by atoms with van der Waals surface area (Å²) in [6.07, 6.45) is 9.40. The van der Waals surface area contributed by atoms with Gasteiger partial charge in [0.25, 0.3) is 0 Å². The number of carboxylic acids is 1. The molecule has 0 amide bonds. The van der Waals surface area contributed by atoms with Crippen LogP contribution in [0.4, 0.5) is 0 Å². The van der Waals surface area contributed by atoms with Crippen LogP contribution in [0.25, 0.3) is 0 Å². The maximum atomic E-state index is 14.1. The molecule has 174 valence electrons. The summed E-state index contributed by atoms with van der Waals surface area (Å²) in [5, 5.41) is 21.0. The first kappa shape index (κ1) is 23.0. The SMILES string of the molecule is CC=C1C(=O)[C@H]2[C@@H]3CC[C@H]([C@H](C)CCC)[C@@]3(C)CC[C@@H]2[C@@]2(C)CC[C@@H](O)CC12C(=O)O. The zero-order valence-electron chi connectivity index (χ0n) is 20.1. The average molecular weight is 431 g/mol. The number of aliphatic hydroxyl groups excluding tert-OH is 1. The molecule has 9 atom stereocenters. The highest BCUT2D eigenvalue weighted by Gasteiger charge is 2.71. The summed E-state index contributed by atoms with van der Waals surface area (Å²) in [5.74, 6) is 0.905. The Morgan fingerprint density at radius 1 is 1.16 bits per heavy atom. The lowest BCUT2D eigenvalue weighted by Crippen LogP contribution is -2.65. The predicted octanol–water partition coefficient (Wildman–Crippen LogP) is 5.63. The molecule has 4 aliphatic rings. The van der Waals surface area contributed by atoms with Gasteiger partial charge in [0, 0.05) is 11.5 Å². The van der Waals surface area contributed by atoms with E-state index >= 15 is 0 Å². The van der Waals surface area contributed by atoms with E-state index in [-0.39, 0.29) is 29.5 Å². The average Bonchev–Trinajstić information content (AvgIpc) is 3.06. The summed E-state index contributed by atoms with van der Waals surface area (Å²) in [6.45, 7) is 11.0. The van der Waals surface area contributed by atoms with E-state index in [0.717, 1.165) is 19.3 Å². The molecule has 4 fully saturated rings. The zero-order valence-corrected chi connectivity index (χ0v) is 20.1. The van der Waals surface area contributed by atoms with Gasteiger partial charge in [0.1, 0.15) is 5.41 Å². The third-order valence-corrected chi connectivity index (χ3v) is 10.8. The van der Waals surface area contributed by atoms with Crippen LogP contribution in [0.15, 0.2) is 11.6 Å². The maximum absolute atomic E-state index is 14.1. The number of hydrogen-bond donors (Lipinski definition) is 2. The molecule has 2 N–H and O–H groups in total. The standard InChI is InChI=1S/C27H42O4/c1-6-8-16(3)19-9-10-20-22-21(12-13-25(19,20)4)26(5)14-11-17(28)15-27(26,24(30)31)18(7-2)23(22)29/h7,16-17,19-22,28H,6,8-15H2,1-5H3,(H,30,31)/t16-,17-,19-,20+,21+,22+,25-,26-,27?/m1/s1. The number of aliphatic hydroxyl groups is 1. The van der Waals surface area contributed by atoms with E-state index in [4.69, 9.17) is 0 Å². The van der Waals surface area contributed by atoms with E-state index in [1.165, 1.54) is 19.3 Å². The smallest absolute Gasteiger partial charge is 0.314 e. The van der Waals surface area contributed by atoms with E-state index in [1.54, 1.807) is 6.08 Å². The van der Waals surface area contributed by atoms with Crippen LogP contribution in [0.5, 0.6) is 0 Å². The minimum Gasteiger partial charge on any atom is -0.481 e. The van der Waals surface area contributed by atoms with Gasteiger partial charge in [-0.25, -0.2) is 0 Å². The van der Waals surface area contributed by atoms with Gasteiger partial charge in [0.2, 0.25) is 0 Å². The van der Waals surface area contributed by atoms with Crippen LogP contribution in [0.3, 0.4) is 0 Å². The Morgan fingerprint density at radius 2 is 1.87 bits per heavy atom. The van der Waals surface area contributed by atoms with Crippen molar-refractivity contribution in [3.63, 3.8) is 0 Å². The first-order chi connectivity index (χ1) is 14.6. The quantitative estimate of drug-likeness (QED) is 0.567. The topological polar surface area (TPSA) is 74.6 Å². The lowest BCUT2D eigenvalue weighted by Gasteiger charge is -2.64. The molecule has 4 saturated carbocycles. The second-order valence-corrected chi connectivity index (χ2v) is 11.8. The van der Waals surface area contributed by atoms with Gasteiger partial charge in [-0.3, -0.25) is 9.59 Å². The number of aliphatic carboxylic acids is 1. The van der Waals surface area contributed by atoms with Crippen LogP contribution < -0.4 is 0 Å². The first-order valence-corrected chi connectivity index (χ1v) is 12.7. The van der Waals surface area contributed by atoms with Crippen molar-refractivity contribution in [2.45, 2.75) is 98.5 Å². The monoisotopic (exact) mass is 430 g/mol. The van der Waals surface area contributed by atoms with Crippen LogP contribution in [0.1, 0.15) is 92.4 Å². The summed E-state index contributed by atoms with van der Waals surface area (Å²) >= 11 is 0. The lowest BCUT2D eigenvalue weighted by molar-refractivity contribution is -0.188. The molecule has 0 radical (unpaired) electrons. The van der Waals surface area contributed by atoms with Gasteiger partial charge in [0.05, 0.1) is 6.10 Å². The van der Waals surface area contributed by atoms with Gasteiger partial charge in [-0.05, 0) is 86.4 Å². The third kappa shape index (κ3) is 2.89. The molecule has 0 aromatic rings. The fourth-order valence-electron chi connectivity index (χ4n) is 9.37. The molecule has 0 aliphatic heterocycles. The highest BCUT2D eigenvalue weighted by atomic mass is 16.4. The summed E-state index contributed by atoms with van der Waals surface area (Å²) in [4.78, 5) is 26.9. The van der Waals surface area contributed by atoms with Crippen molar-refractivity contribution in [3.05, 3.63) is 11.6 Å². The van der Waals surface area contributed by atoms with E-state index in [2.05, 4.69) is 27.7 Å². The second-order valence-electron chi connectivity index (χ2n) is 11.8. The summed E-state index contributed by atoms with van der Waals surface area (Å²) in [7, 11) is 0. The molecule has 4 rings (SSSR count). The van der Waals surface area contributed by atoms with Crippen LogP contribution in [0.2, 0.25) is 0 Å². The molecule has 4 heteroatoms. The van der Waals surface area contributed by atoms with Gasteiger partial charge < -0.3 is 10.2 Å². The van der Waals surface area contributed by atoms with Crippen LogP contribution >= 0.6 is 0 Å². The van der Waals surface area contributed by atoms with Gasteiger partial charge >= 0.3 is 5.97 Å². The molecule has 0 aromatic heterocycles.